The van der Waals surface area contributed by atoms with Crippen LogP contribution in [0.1, 0.15) is 44.9 Å². The van der Waals surface area contributed by atoms with Gasteiger partial charge in [-0.25, -0.2) is 0 Å². The Bertz CT molecular complexity index is 107. The Hall–Kier alpha value is -0.120. The highest BCUT2D eigenvalue weighted by Crippen LogP contribution is 2.05. The maximum atomic E-state index is 5.49. The van der Waals surface area contributed by atoms with Gasteiger partial charge in [0.05, 0.1) is 0 Å². The summed E-state index contributed by atoms with van der Waals surface area (Å²) < 4.78 is 10.4. The van der Waals surface area contributed by atoms with Crippen LogP contribution in [0.3, 0.4) is 0 Å². The highest BCUT2D eigenvalue weighted by atomic mass is 16.5. The van der Waals surface area contributed by atoms with Crippen molar-refractivity contribution in [2.75, 3.05) is 40.5 Å². The molecular formula is C13H29NO2. The first kappa shape index (κ1) is 15.9. The molecule has 0 fully saturated rings. The van der Waals surface area contributed by atoms with Crippen molar-refractivity contribution >= 4 is 0 Å². The Morgan fingerprint density at radius 2 is 1.38 bits per heavy atom. The zero-order valence-electron chi connectivity index (χ0n) is 11.1. The molecule has 0 heterocycles. The van der Waals surface area contributed by atoms with Crippen LogP contribution in [0.25, 0.3) is 0 Å². The Balaban J connectivity index is 2.83. The molecule has 0 rings (SSSR count). The van der Waals surface area contributed by atoms with Crippen molar-refractivity contribution in [1.82, 2.24) is 5.32 Å². The van der Waals surface area contributed by atoms with Crippen LogP contribution in [0, 0.1) is 0 Å². The molecule has 0 aliphatic carbocycles. The van der Waals surface area contributed by atoms with Crippen molar-refractivity contribution in [2.45, 2.75) is 44.9 Å². The van der Waals surface area contributed by atoms with Crippen molar-refractivity contribution in [1.29, 1.82) is 0 Å². The van der Waals surface area contributed by atoms with Crippen molar-refractivity contribution in [2.24, 2.45) is 0 Å². The molecule has 0 amide bonds. The maximum Gasteiger partial charge on any atom is 0.0487 e. The predicted octanol–water partition coefficient (Wildman–Crippen LogP) is 2.60. The molecule has 0 atom stereocenters. The fourth-order valence-electron chi connectivity index (χ4n) is 1.62. The van der Waals surface area contributed by atoms with Crippen molar-refractivity contribution < 1.29 is 9.47 Å². The van der Waals surface area contributed by atoms with Crippen LogP contribution in [-0.4, -0.2) is 40.5 Å². The second-order valence-electron chi connectivity index (χ2n) is 4.18. The largest absolute Gasteiger partial charge is 0.385 e. The number of unbranched alkanes of at least 4 members (excludes halogenated alkanes) is 5. The second kappa shape index (κ2) is 14.9. The second-order valence-corrected chi connectivity index (χ2v) is 4.18. The van der Waals surface area contributed by atoms with E-state index in [0.717, 1.165) is 32.8 Å². The summed E-state index contributed by atoms with van der Waals surface area (Å²) in [6.07, 6.45) is 8.92. The van der Waals surface area contributed by atoms with Crippen molar-refractivity contribution in [3.63, 3.8) is 0 Å². The van der Waals surface area contributed by atoms with Gasteiger partial charge in [0.2, 0.25) is 0 Å². The number of ether oxygens (including phenoxy) is 2. The standard InChI is InChI=1S/C13H29NO2/c1-14-10-7-5-3-4-6-8-12-16-13-9-11-15-2/h14H,3-13H2,1-2H3. The van der Waals surface area contributed by atoms with E-state index in [1.807, 2.05) is 7.05 Å². The first-order valence-corrected chi connectivity index (χ1v) is 6.63. The van der Waals surface area contributed by atoms with Gasteiger partial charge in [0.1, 0.15) is 0 Å². The minimum absolute atomic E-state index is 0.811. The third-order valence-corrected chi connectivity index (χ3v) is 2.60. The molecule has 16 heavy (non-hydrogen) atoms. The van der Waals surface area contributed by atoms with E-state index in [4.69, 9.17) is 9.47 Å². The Morgan fingerprint density at radius 3 is 2.06 bits per heavy atom. The molecule has 1 N–H and O–H groups in total. The molecule has 0 aliphatic rings. The van der Waals surface area contributed by atoms with E-state index < -0.39 is 0 Å². The van der Waals surface area contributed by atoms with Crippen molar-refractivity contribution in [3.05, 3.63) is 0 Å². The third-order valence-electron chi connectivity index (χ3n) is 2.60. The maximum absolute atomic E-state index is 5.49. The van der Waals surface area contributed by atoms with E-state index in [0.29, 0.717) is 0 Å². The lowest BCUT2D eigenvalue weighted by atomic mass is 10.1. The zero-order valence-corrected chi connectivity index (χ0v) is 11.1. The third kappa shape index (κ3) is 13.9. The first-order chi connectivity index (χ1) is 7.91. The quantitative estimate of drug-likeness (QED) is 0.494. The monoisotopic (exact) mass is 231 g/mol. The Labute approximate surface area is 101 Å². The van der Waals surface area contributed by atoms with Crippen LogP contribution >= 0.6 is 0 Å². The highest BCUT2D eigenvalue weighted by Gasteiger charge is 1.92. The molecule has 0 saturated heterocycles. The molecule has 0 aromatic heterocycles. The number of hydrogen-bond donors (Lipinski definition) is 1. The van der Waals surface area contributed by atoms with Crippen LogP contribution < -0.4 is 5.32 Å². The average Bonchev–Trinajstić information content (AvgIpc) is 2.31. The summed E-state index contributed by atoms with van der Waals surface area (Å²) in [6, 6.07) is 0. The molecule has 0 radical (unpaired) electrons. The van der Waals surface area contributed by atoms with Crippen molar-refractivity contribution in [3.8, 4) is 0 Å². The summed E-state index contributed by atoms with van der Waals surface area (Å²) in [5, 5.41) is 3.17. The molecule has 0 spiro atoms. The molecular weight excluding hydrogens is 202 g/mol. The highest BCUT2D eigenvalue weighted by molar-refractivity contribution is 4.47. The molecule has 0 unspecified atom stereocenters. The Morgan fingerprint density at radius 1 is 0.750 bits per heavy atom. The van der Waals surface area contributed by atoms with Crippen LogP contribution in [0.15, 0.2) is 0 Å². The Kier molecular flexibility index (Phi) is 14.8. The van der Waals surface area contributed by atoms with E-state index in [9.17, 15) is 0 Å². The lowest BCUT2D eigenvalue weighted by Gasteiger charge is -2.04. The zero-order chi connectivity index (χ0) is 11.9. The summed E-state index contributed by atoms with van der Waals surface area (Å²) in [5.74, 6) is 0. The smallest absolute Gasteiger partial charge is 0.0487 e. The van der Waals surface area contributed by atoms with Gasteiger partial charge >= 0.3 is 0 Å². The summed E-state index contributed by atoms with van der Waals surface area (Å²) in [6.45, 7) is 3.73. The van der Waals surface area contributed by atoms with Crippen LogP contribution in [-0.2, 0) is 9.47 Å². The van der Waals surface area contributed by atoms with E-state index in [1.54, 1.807) is 7.11 Å². The topological polar surface area (TPSA) is 30.5 Å². The van der Waals surface area contributed by atoms with E-state index in [1.165, 1.54) is 38.5 Å². The molecule has 0 aliphatic heterocycles. The summed E-state index contributed by atoms with van der Waals surface area (Å²) in [4.78, 5) is 0. The van der Waals surface area contributed by atoms with Gasteiger partial charge < -0.3 is 14.8 Å². The van der Waals surface area contributed by atoms with E-state index in [2.05, 4.69) is 5.32 Å². The van der Waals surface area contributed by atoms with Gasteiger partial charge in [-0.2, -0.15) is 0 Å². The number of hydrogen-bond acceptors (Lipinski definition) is 3. The van der Waals surface area contributed by atoms with Gasteiger partial charge in [-0.15, -0.1) is 0 Å². The summed E-state index contributed by atoms with van der Waals surface area (Å²) in [5.41, 5.74) is 0. The average molecular weight is 231 g/mol. The van der Waals surface area contributed by atoms with Crippen LogP contribution in [0.5, 0.6) is 0 Å². The number of nitrogens with one attached hydrogen (secondary N) is 1. The summed E-state index contributed by atoms with van der Waals surface area (Å²) >= 11 is 0. The van der Waals surface area contributed by atoms with Gasteiger partial charge in [0.15, 0.2) is 0 Å². The molecule has 0 aromatic rings. The van der Waals surface area contributed by atoms with E-state index >= 15 is 0 Å². The van der Waals surface area contributed by atoms with Gasteiger partial charge in [-0.1, -0.05) is 25.7 Å². The van der Waals surface area contributed by atoms with Gasteiger partial charge in [-0.3, -0.25) is 0 Å². The van der Waals surface area contributed by atoms with Gasteiger partial charge in [0, 0.05) is 26.9 Å². The normalized spacial score (nSPS) is 10.9. The van der Waals surface area contributed by atoms with Crippen LogP contribution in [0.2, 0.25) is 0 Å². The number of methoxy groups -OCH3 is 1. The van der Waals surface area contributed by atoms with E-state index in [-0.39, 0.29) is 0 Å². The molecule has 0 saturated carbocycles. The molecule has 0 bridgehead atoms. The van der Waals surface area contributed by atoms with Crippen LogP contribution in [0.4, 0.5) is 0 Å². The lowest BCUT2D eigenvalue weighted by Crippen LogP contribution is -2.06. The fraction of sp³-hybridized carbons (Fsp3) is 1.00. The molecule has 3 heteroatoms. The molecule has 0 aromatic carbocycles. The van der Waals surface area contributed by atoms with Gasteiger partial charge in [-0.05, 0) is 32.9 Å². The minimum Gasteiger partial charge on any atom is -0.385 e. The predicted molar refractivity (Wildman–Crippen MR) is 68.9 cm³/mol. The fourth-order valence-corrected chi connectivity index (χ4v) is 1.62. The SMILES string of the molecule is CNCCCCCCCCOCCCOC. The molecule has 98 valence electrons. The summed E-state index contributed by atoms with van der Waals surface area (Å²) in [7, 11) is 3.75. The minimum atomic E-state index is 0.811. The lowest BCUT2D eigenvalue weighted by molar-refractivity contribution is 0.100. The van der Waals surface area contributed by atoms with Gasteiger partial charge in [0.25, 0.3) is 0 Å². The first-order valence-electron chi connectivity index (χ1n) is 6.63. The molecule has 3 nitrogen and oxygen atoms in total. The number of rotatable bonds is 13.